The lowest BCUT2D eigenvalue weighted by atomic mass is 10.1. The largest absolute Gasteiger partial charge is 0.490 e. The van der Waals surface area contributed by atoms with E-state index >= 15 is 0 Å². The van der Waals surface area contributed by atoms with Crippen molar-refractivity contribution in [3.05, 3.63) is 83.2 Å². The van der Waals surface area contributed by atoms with Crippen molar-refractivity contribution in [2.75, 3.05) is 11.9 Å². The van der Waals surface area contributed by atoms with Crippen molar-refractivity contribution in [2.24, 2.45) is 0 Å². The van der Waals surface area contributed by atoms with Gasteiger partial charge in [-0.1, -0.05) is 24.3 Å². The molecule has 4 rings (SSSR count). The minimum atomic E-state index is -0.816. The number of para-hydroxylation sites is 2. The summed E-state index contributed by atoms with van der Waals surface area (Å²) in [4.78, 5) is 23.9. The van der Waals surface area contributed by atoms with Crippen molar-refractivity contribution in [2.45, 2.75) is 6.42 Å². The zero-order valence-electron chi connectivity index (χ0n) is 15.6. The predicted octanol–water partition coefficient (Wildman–Crippen LogP) is 3.92. The second-order valence-corrected chi connectivity index (χ2v) is 6.53. The van der Waals surface area contributed by atoms with Gasteiger partial charge in [-0.3, -0.25) is 14.8 Å². The molecular weight excluding hydrogens is 391 g/mol. The number of benzene rings is 3. The minimum Gasteiger partial charge on any atom is -0.490 e. The number of nitrogens with one attached hydrogen (secondary N) is 2. The Morgan fingerprint density at radius 1 is 1.10 bits per heavy atom. The highest BCUT2D eigenvalue weighted by molar-refractivity contribution is 6.08. The third kappa shape index (κ3) is 3.81. The van der Waals surface area contributed by atoms with E-state index in [2.05, 4.69) is 5.32 Å². The predicted molar refractivity (Wildman–Crippen MR) is 106 cm³/mol. The number of fused-ring (bicyclic) bond motifs is 2. The van der Waals surface area contributed by atoms with Gasteiger partial charge in [0.15, 0.2) is 17.3 Å². The summed E-state index contributed by atoms with van der Waals surface area (Å²) in [5.74, 6) is -0.868. The highest BCUT2D eigenvalue weighted by atomic mass is 19.1. The molecule has 1 aliphatic heterocycles. The van der Waals surface area contributed by atoms with Gasteiger partial charge >= 0.3 is 0 Å². The number of rotatable bonds is 5. The summed E-state index contributed by atoms with van der Waals surface area (Å²) in [7, 11) is 0. The zero-order chi connectivity index (χ0) is 21.1. The average molecular weight is 408 g/mol. The van der Waals surface area contributed by atoms with Crippen molar-refractivity contribution in [1.82, 2.24) is 5.48 Å². The maximum Gasteiger partial charge on any atom is 0.274 e. The molecule has 2 amide bonds. The van der Waals surface area contributed by atoms with Crippen molar-refractivity contribution in [3.63, 3.8) is 0 Å². The number of halogens is 1. The van der Waals surface area contributed by atoms with Crippen LogP contribution in [0.25, 0.3) is 0 Å². The lowest BCUT2D eigenvalue weighted by Gasteiger charge is -2.13. The zero-order valence-corrected chi connectivity index (χ0v) is 15.6. The van der Waals surface area contributed by atoms with Gasteiger partial charge in [-0.2, -0.15) is 0 Å². The second kappa shape index (κ2) is 8.22. The highest BCUT2D eigenvalue weighted by Gasteiger charge is 2.22. The van der Waals surface area contributed by atoms with Gasteiger partial charge in [-0.15, -0.1) is 0 Å². The van der Waals surface area contributed by atoms with Gasteiger partial charge in [0, 0.05) is 12.0 Å². The Hall–Kier alpha value is -3.91. The summed E-state index contributed by atoms with van der Waals surface area (Å²) < 4.78 is 25.5. The van der Waals surface area contributed by atoms with E-state index in [-0.39, 0.29) is 23.8 Å². The monoisotopic (exact) mass is 408 g/mol. The summed E-state index contributed by atoms with van der Waals surface area (Å²) in [6, 6.07) is 16.0. The number of carbonyl (C=O) groups excluding carboxylic acids is 2. The molecule has 0 saturated heterocycles. The third-order valence-corrected chi connectivity index (χ3v) is 4.63. The van der Waals surface area contributed by atoms with E-state index in [1.54, 1.807) is 36.4 Å². The lowest BCUT2D eigenvalue weighted by molar-refractivity contribution is 0.0705. The Labute approximate surface area is 171 Å². The van der Waals surface area contributed by atoms with Crippen LogP contribution in [0, 0.1) is 5.82 Å². The molecule has 0 atom stereocenters. The molecule has 3 N–H and O–H groups in total. The normalized spacial score (nSPS) is 12.0. The first-order valence-electron chi connectivity index (χ1n) is 9.13. The Morgan fingerprint density at radius 3 is 2.70 bits per heavy atom. The molecule has 0 unspecified atom stereocenters. The Morgan fingerprint density at radius 2 is 1.90 bits per heavy atom. The van der Waals surface area contributed by atoms with Gasteiger partial charge < -0.3 is 14.8 Å². The van der Waals surface area contributed by atoms with Crippen LogP contribution in [0.4, 0.5) is 10.1 Å². The molecule has 0 aromatic heterocycles. The lowest BCUT2D eigenvalue weighted by Crippen LogP contribution is -2.18. The third-order valence-electron chi connectivity index (χ3n) is 4.63. The van der Waals surface area contributed by atoms with E-state index in [1.165, 1.54) is 17.6 Å². The quantitative estimate of drug-likeness (QED) is 0.439. The maximum absolute atomic E-state index is 14.1. The first-order valence-corrected chi connectivity index (χ1v) is 9.13. The van der Waals surface area contributed by atoms with E-state index in [9.17, 15) is 14.0 Å². The molecule has 0 radical (unpaired) electrons. The average Bonchev–Trinajstić information content (AvgIpc) is 2.90. The van der Waals surface area contributed by atoms with E-state index in [4.69, 9.17) is 14.7 Å². The summed E-state index contributed by atoms with van der Waals surface area (Å²) in [6.07, 6.45) is 0.376. The summed E-state index contributed by atoms with van der Waals surface area (Å²) >= 11 is 0. The van der Waals surface area contributed by atoms with Crippen molar-refractivity contribution < 1.29 is 28.7 Å². The molecule has 30 heavy (non-hydrogen) atoms. The highest BCUT2D eigenvalue weighted by Crippen LogP contribution is 2.37. The molecule has 0 fully saturated rings. The molecule has 0 bridgehead atoms. The Bertz CT molecular complexity index is 1130. The Balaban J connectivity index is 1.49. The number of hydrogen-bond donors (Lipinski definition) is 3. The van der Waals surface area contributed by atoms with E-state index in [0.29, 0.717) is 29.2 Å². The first kappa shape index (κ1) is 19.4. The number of hydroxylamine groups is 1. The van der Waals surface area contributed by atoms with Crippen LogP contribution in [0.5, 0.6) is 17.2 Å². The summed E-state index contributed by atoms with van der Waals surface area (Å²) in [5.41, 5.74) is 3.16. The van der Waals surface area contributed by atoms with Crippen LogP contribution in [-0.4, -0.2) is 23.6 Å². The number of anilines is 1. The summed E-state index contributed by atoms with van der Waals surface area (Å²) in [5, 5.41) is 11.5. The number of amides is 2. The Kier molecular flexibility index (Phi) is 5.32. The van der Waals surface area contributed by atoms with Gasteiger partial charge in [-0.25, -0.2) is 9.87 Å². The number of hydrogen-bond acceptors (Lipinski definition) is 5. The number of ether oxygens (including phenoxy) is 2. The molecule has 0 spiro atoms. The van der Waals surface area contributed by atoms with Gasteiger partial charge in [0.2, 0.25) is 0 Å². The molecular formula is C22H17FN2O5. The molecule has 1 heterocycles. The molecule has 0 saturated carbocycles. The van der Waals surface area contributed by atoms with Crippen LogP contribution in [0.2, 0.25) is 0 Å². The maximum atomic E-state index is 14.1. The molecule has 7 nitrogen and oxygen atoms in total. The van der Waals surface area contributed by atoms with Crippen LogP contribution in [0.3, 0.4) is 0 Å². The first-order chi connectivity index (χ1) is 14.6. The van der Waals surface area contributed by atoms with E-state index in [0.717, 1.165) is 11.6 Å². The minimum absolute atomic E-state index is 0.0285. The van der Waals surface area contributed by atoms with Gasteiger partial charge in [0.1, 0.15) is 5.75 Å². The molecule has 8 heteroatoms. The molecule has 3 aromatic rings. The van der Waals surface area contributed by atoms with E-state index < -0.39 is 11.7 Å². The van der Waals surface area contributed by atoms with Crippen molar-refractivity contribution in [3.8, 4) is 17.2 Å². The van der Waals surface area contributed by atoms with Crippen LogP contribution in [0.15, 0.2) is 60.7 Å². The van der Waals surface area contributed by atoms with Crippen molar-refractivity contribution in [1.29, 1.82) is 0 Å². The van der Waals surface area contributed by atoms with E-state index in [1.807, 2.05) is 6.07 Å². The molecule has 1 aliphatic rings. The smallest absolute Gasteiger partial charge is 0.274 e. The molecule has 3 aromatic carbocycles. The topological polar surface area (TPSA) is 96.9 Å². The fourth-order valence-electron chi connectivity index (χ4n) is 3.15. The van der Waals surface area contributed by atoms with Gasteiger partial charge in [0.25, 0.3) is 11.8 Å². The standard InChI is InChI=1S/C22H17FN2O5/c23-16-12-14(21(26)25-28)8-9-18(16)29-11-10-13-4-3-7-19-20(13)24-22(27)15-5-1-2-6-17(15)30-19/h1-9,12,28H,10-11H2,(H,24,27)(H,25,26). The number of carbonyl (C=O) groups is 2. The fraction of sp³-hybridized carbons (Fsp3) is 0.0909. The summed E-state index contributed by atoms with van der Waals surface area (Å²) in [6.45, 7) is 0.127. The van der Waals surface area contributed by atoms with Crippen LogP contribution >= 0.6 is 0 Å². The van der Waals surface area contributed by atoms with Crippen molar-refractivity contribution >= 4 is 17.5 Å². The van der Waals surface area contributed by atoms with Crippen LogP contribution in [-0.2, 0) is 6.42 Å². The molecule has 0 aliphatic carbocycles. The fourth-order valence-corrected chi connectivity index (χ4v) is 3.15. The van der Waals surface area contributed by atoms with Gasteiger partial charge in [-0.05, 0) is 42.0 Å². The van der Waals surface area contributed by atoms with Gasteiger partial charge in [0.05, 0.1) is 17.9 Å². The van der Waals surface area contributed by atoms with Crippen LogP contribution < -0.4 is 20.3 Å². The molecule has 152 valence electrons. The second-order valence-electron chi connectivity index (χ2n) is 6.53. The SMILES string of the molecule is O=C(NO)c1ccc(OCCc2cccc3c2NC(=O)c2ccccc2O3)c(F)c1. The van der Waals surface area contributed by atoms with Crippen LogP contribution in [0.1, 0.15) is 26.3 Å².